The van der Waals surface area contributed by atoms with Gasteiger partial charge < -0.3 is 30.3 Å². The highest BCUT2D eigenvalue weighted by Gasteiger charge is 2.20. The second-order valence-electron chi connectivity index (χ2n) is 8.20. The lowest BCUT2D eigenvalue weighted by Gasteiger charge is -2.34. The zero-order chi connectivity index (χ0) is 22.9. The first kappa shape index (κ1) is 21.2. The molecule has 0 saturated carbocycles. The molecule has 3 heterocycles. The molecule has 3 N–H and O–H groups in total. The van der Waals surface area contributed by atoms with Crippen LogP contribution in [0.4, 0.5) is 15.9 Å². The average Bonchev–Trinajstić information content (AvgIpc) is 3.27. The number of hydrogen-bond acceptors (Lipinski definition) is 7. The van der Waals surface area contributed by atoms with Gasteiger partial charge in [0.1, 0.15) is 17.5 Å². The second-order valence-corrected chi connectivity index (χ2v) is 8.20. The molecule has 2 aliphatic heterocycles. The van der Waals surface area contributed by atoms with Gasteiger partial charge in [0.15, 0.2) is 17.5 Å². The Labute approximate surface area is 191 Å². The summed E-state index contributed by atoms with van der Waals surface area (Å²) in [5, 5.41) is 3.21. The van der Waals surface area contributed by atoms with E-state index in [0.29, 0.717) is 35.1 Å². The number of rotatable bonds is 4. The first-order valence-electron chi connectivity index (χ1n) is 10.8. The lowest BCUT2D eigenvalue weighted by molar-refractivity contribution is 0.174. The molecule has 0 amide bonds. The van der Waals surface area contributed by atoms with Gasteiger partial charge in [-0.25, -0.2) is 14.4 Å². The number of nitrogens with two attached hydrogens (primary N) is 1. The Balaban J connectivity index is 1.55. The summed E-state index contributed by atoms with van der Waals surface area (Å²) in [6.07, 6.45) is 0.435. The van der Waals surface area contributed by atoms with E-state index >= 15 is 4.39 Å². The molecule has 5 rings (SSSR count). The third kappa shape index (κ3) is 4.34. The molecule has 10 heteroatoms. The summed E-state index contributed by atoms with van der Waals surface area (Å²) in [7, 11) is 3.65. The van der Waals surface area contributed by atoms with E-state index in [0.717, 1.165) is 37.4 Å². The largest absolute Gasteiger partial charge is 0.454 e. The average molecular weight is 452 g/mol. The molecule has 0 atom stereocenters. The zero-order valence-corrected chi connectivity index (χ0v) is 18.6. The van der Waals surface area contributed by atoms with Gasteiger partial charge in [-0.05, 0) is 36.9 Å². The number of aromatic nitrogens is 2. The Bertz CT molecular complexity index is 1230. The predicted molar refractivity (Wildman–Crippen MR) is 126 cm³/mol. The van der Waals surface area contributed by atoms with Crippen LogP contribution in [0.5, 0.6) is 11.5 Å². The molecular formula is C23H26FN7O2. The Morgan fingerprint density at radius 3 is 2.70 bits per heavy atom. The lowest BCUT2D eigenvalue weighted by atomic mass is 10.1. The highest BCUT2D eigenvalue weighted by atomic mass is 19.1. The molecule has 0 bridgehead atoms. The van der Waals surface area contributed by atoms with E-state index in [1.165, 1.54) is 0 Å². The van der Waals surface area contributed by atoms with Gasteiger partial charge in [-0.2, -0.15) is 0 Å². The number of nitrogens with one attached hydrogen (secondary N) is 1. The minimum absolute atomic E-state index is 0.145. The van der Waals surface area contributed by atoms with Gasteiger partial charge in [0.05, 0.1) is 10.9 Å². The number of guanidine groups is 1. The summed E-state index contributed by atoms with van der Waals surface area (Å²) >= 11 is 0. The Hall–Kier alpha value is -3.66. The predicted octanol–water partition coefficient (Wildman–Crippen LogP) is 2.20. The minimum Gasteiger partial charge on any atom is -0.454 e. The SMILES string of the molecule is CN=C(N)Nc1nc(Cc2ccc3c(c2)OCO3)nc2cc(N3CCN(C)CC3)cc(F)c12. The van der Waals surface area contributed by atoms with E-state index in [-0.39, 0.29) is 18.1 Å². The van der Waals surface area contributed by atoms with Gasteiger partial charge in [-0.1, -0.05) is 6.07 Å². The van der Waals surface area contributed by atoms with E-state index in [2.05, 4.69) is 32.1 Å². The van der Waals surface area contributed by atoms with E-state index in [1.807, 2.05) is 24.3 Å². The number of fused-ring (bicyclic) bond motifs is 2. The smallest absolute Gasteiger partial charge is 0.231 e. The molecule has 2 aromatic carbocycles. The fourth-order valence-electron chi connectivity index (χ4n) is 4.08. The quantitative estimate of drug-likeness (QED) is 0.460. The van der Waals surface area contributed by atoms with E-state index in [4.69, 9.17) is 20.2 Å². The molecule has 33 heavy (non-hydrogen) atoms. The summed E-state index contributed by atoms with van der Waals surface area (Å²) in [4.78, 5) is 17.6. The summed E-state index contributed by atoms with van der Waals surface area (Å²) in [5.41, 5.74) is 8.16. The van der Waals surface area contributed by atoms with Crippen molar-refractivity contribution in [3.63, 3.8) is 0 Å². The Morgan fingerprint density at radius 2 is 1.91 bits per heavy atom. The number of ether oxygens (including phenoxy) is 2. The van der Waals surface area contributed by atoms with Gasteiger partial charge in [0.2, 0.25) is 6.79 Å². The van der Waals surface area contributed by atoms with Crippen LogP contribution >= 0.6 is 0 Å². The zero-order valence-electron chi connectivity index (χ0n) is 18.6. The maximum Gasteiger partial charge on any atom is 0.231 e. The first-order chi connectivity index (χ1) is 16.0. The van der Waals surface area contributed by atoms with Crippen molar-refractivity contribution in [1.82, 2.24) is 14.9 Å². The van der Waals surface area contributed by atoms with Crippen LogP contribution in [0.3, 0.4) is 0 Å². The molecule has 2 aliphatic rings. The molecule has 0 unspecified atom stereocenters. The summed E-state index contributed by atoms with van der Waals surface area (Å²) in [6, 6.07) is 9.17. The van der Waals surface area contributed by atoms with Gasteiger partial charge in [-0.15, -0.1) is 0 Å². The second kappa shape index (κ2) is 8.70. The number of aliphatic imine (C=N–C) groups is 1. The van der Waals surface area contributed by atoms with Crippen LogP contribution in [0, 0.1) is 5.82 Å². The van der Waals surface area contributed by atoms with Crippen LogP contribution in [0.15, 0.2) is 35.3 Å². The lowest BCUT2D eigenvalue weighted by Crippen LogP contribution is -2.44. The van der Waals surface area contributed by atoms with Crippen molar-refractivity contribution in [3.05, 3.63) is 47.5 Å². The van der Waals surface area contributed by atoms with Crippen molar-refractivity contribution in [2.75, 3.05) is 57.3 Å². The maximum atomic E-state index is 15.3. The first-order valence-corrected chi connectivity index (χ1v) is 10.8. The van der Waals surface area contributed by atoms with Crippen molar-refractivity contribution >= 4 is 28.4 Å². The molecule has 1 aromatic heterocycles. The molecule has 0 spiro atoms. The van der Waals surface area contributed by atoms with Gasteiger partial charge in [0.25, 0.3) is 0 Å². The van der Waals surface area contributed by atoms with Crippen LogP contribution in [-0.4, -0.2) is 67.9 Å². The Morgan fingerprint density at radius 1 is 1.12 bits per heavy atom. The van der Waals surface area contributed by atoms with Crippen LogP contribution in [0.2, 0.25) is 0 Å². The summed E-state index contributed by atoms with van der Waals surface area (Å²) in [6.45, 7) is 3.72. The highest BCUT2D eigenvalue weighted by molar-refractivity contribution is 6.01. The number of nitrogens with zero attached hydrogens (tertiary/aromatic N) is 5. The molecule has 172 valence electrons. The molecular weight excluding hydrogens is 425 g/mol. The third-order valence-corrected chi connectivity index (χ3v) is 5.94. The van der Waals surface area contributed by atoms with Crippen molar-refractivity contribution in [3.8, 4) is 11.5 Å². The van der Waals surface area contributed by atoms with Crippen LogP contribution in [0.25, 0.3) is 10.9 Å². The molecule has 9 nitrogen and oxygen atoms in total. The van der Waals surface area contributed by atoms with Gasteiger partial charge in [-0.3, -0.25) is 4.99 Å². The number of benzene rings is 2. The fraction of sp³-hybridized carbons (Fsp3) is 0.348. The molecule has 1 fully saturated rings. The van der Waals surface area contributed by atoms with Crippen LogP contribution in [-0.2, 0) is 6.42 Å². The van der Waals surface area contributed by atoms with Crippen molar-refractivity contribution < 1.29 is 13.9 Å². The number of piperazine rings is 1. The standard InChI is InChI=1S/C23H26FN7O2/c1-26-23(25)29-22-21-16(24)11-15(31-7-5-30(2)6-8-31)12-17(21)27-20(28-22)10-14-3-4-18-19(9-14)33-13-32-18/h3-4,9,11-12H,5-8,10,13H2,1-2H3,(H3,25,26,27,28,29). The van der Waals surface area contributed by atoms with Crippen molar-refractivity contribution in [2.24, 2.45) is 10.7 Å². The molecule has 0 radical (unpaired) electrons. The third-order valence-electron chi connectivity index (χ3n) is 5.94. The molecule has 0 aliphatic carbocycles. The number of anilines is 2. The van der Waals surface area contributed by atoms with E-state index in [1.54, 1.807) is 13.1 Å². The number of hydrogen-bond donors (Lipinski definition) is 2. The number of likely N-dealkylation sites (N-methyl/N-ethyl adjacent to an activating group) is 1. The normalized spacial score (nSPS) is 16.5. The highest BCUT2D eigenvalue weighted by Crippen LogP contribution is 2.34. The van der Waals surface area contributed by atoms with E-state index in [9.17, 15) is 0 Å². The monoisotopic (exact) mass is 451 g/mol. The van der Waals surface area contributed by atoms with Crippen molar-refractivity contribution in [2.45, 2.75) is 6.42 Å². The fourth-order valence-corrected chi connectivity index (χ4v) is 4.08. The van der Waals surface area contributed by atoms with Crippen LogP contribution < -0.4 is 25.4 Å². The summed E-state index contributed by atoms with van der Waals surface area (Å²) < 4.78 is 26.2. The number of halogens is 1. The minimum atomic E-state index is -0.400. The summed E-state index contributed by atoms with van der Waals surface area (Å²) in [5.74, 6) is 1.97. The van der Waals surface area contributed by atoms with Crippen LogP contribution in [0.1, 0.15) is 11.4 Å². The molecule has 1 saturated heterocycles. The van der Waals surface area contributed by atoms with E-state index < -0.39 is 5.82 Å². The maximum absolute atomic E-state index is 15.3. The van der Waals surface area contributed by atoms with Crippen molar-refractivity contribution in [1.29, 1.82) is 0 Å². The van der Waals surface area contributed by atoms with Gasteiger partial charge >= 0.3 is 0 Å². The topological polar surface area (TPSA) is 101 Å². The van der Waals surface area contributed by atoms with Gasteiger partial charge in [0, 0.05) is 45.3 Å². The molecule has 3 aromatic rings. The Kier molecular flexibility index (Phi) is 5.59.